The molecule has 1 atom stereocenters. The smallest absolute Gasteiger partial charge is 0.410 e. The van der Waals surface area contributed by atoms with Gasteiger partial charge in [0.15, 0.2) is 5.65 Å². The van der Waals surface area contributed by atoms with Gasteiger partial charge in [-0.25, -0.2) is 14.3 Å². The zero-order valence-electron chi connectivity index (χ0n) is 14.1. The van der Waals surface area contributed by atoms with Gasteiger partial charge in [0.2, 0.25) is 0 Å². The molecule has 0 spiro atoms. The molecule has 0 saturated carbocycles. The second-order valence-corrected chi connectivity index (χ2v) is 7.78. The number of ether oxygens (including phenoxy) is 1. The maximum Gasteiger partial charge on any atom is 0.410 e. The van der Waals surface area contributed by atoms with Crippen molar-refractivity contribution in [2.45, 2.75) is 45.3 Å². The first-order valence-corrected chi connectivity index (χ1v) is 8.86. The molecule has 3 rings (SSSR count). The van der Waals surface area contributed by atoms with Gasteiger partial charge in [0, 0.05) is 19.3 Å². The molecule has 1 aliphatic rings. The Hall–Kier alpha value is -1.83. The average molecular weight is 396 g/mol. The number of fused-ring (bicyclic) bond motifs is 1. The highest BCUT2D eigenvalue weighted by molar-refractivity contribution is 9.10. The molecule has 0 radical (unpaired) electrons. The van der Waals surface area contributed by atoms with Crippen molar-refractivity contribution < 1.29 is 9.53 Å². The van der Waals surface area contributed by atoms with Gasteiger partial charge in [-0.05, 0) is 55.6 Å². The molecule has 24 heavy (non-hydrogen) atoms. The molecule has 1 amide bonds. The van der Waals surface area contributed by atoms with Crippen molar-refractivity contribution in [2.75, 3.05) is 18.4 Å². The van der Waals surface area contributed by atoms with Gasteiger partial charge in [-0.15, -0.1) is 0 Å². The number of amides is 1. The minimum atomic E-state index is -0.474. The fourth-order valence-corrected chi connectivity index (χ4v) is 3.13. The second-order valence-electron chi connectivity index (χ2n) is 6.92. The summed E-state index contributed by atoms with van der Waals surface area (Å²) in [7, 11) is 0. The van der Waals surface area contributed by atoms with Crippen LogP contribution in [0.2, 0.25) is 0 Å². The van der Waals surface area contributed by atoms with E-state index in [4.69, 9.17) is 4.74 Å². The number of hydrogen-bond acceptors (Lipinski definition) is 5. The summed E-state index contributed by atoms with van der Waals surface area (Å²) in [5, 5.41) is 7.50. The molecule has 0 aromatic carbocycles. The third kappa shape index (κ3) is 3.80. The maximum atomic E-state index is 12.3. The maximum absolute atomic E-state index is 12.3. The van der Waals surface area contributed by atoms with Gasteiger partial charge in [0.05, 0.1) is 16.7 Å². The Kier molecular flexibility index (Phi) is 4.67. The van der Waals surface area contributed by atoms with Crippen LogP contribution in [-0.2, 0) is 4.74 Å². The Morgan fingerprint density at radius 1 is 1.50 bits per heavy atom. The van der Waals surface area contributed by atoms with Gasteiger partial charge >= 0.3 is 6.09 Å². The SMILES string of the molecule is CC(C)(C)OC(=O)N1CCC[C@H]1CNc1ccn2ncc(Br)c2n1. The van der Waals surface area contributed by atoms with E-state index in [9.17, 15) is 4.79 Å². The summed E-state index contributed by atoms with van der Waals surface area (Å²) in [6.45, 7) is 7.04. The van der Waals surface area contributed by atoms with Crippen LogP contribution in [0.1, 0.15) is 33.6 Å². The van der Waals surface area contributed by atoms with E-state index in [2.05, 4.69) is 31.3 Å². The average Bonchev–Trinajstić information content (AvgIpc) is 3.11. The van der Waals surface area contributed by atoms with Crippen molar-refractivity contribution in [3.05, 3.63) is 22.9 Å². The lowest BCUT2D eigenvalue weighted by atomic mass is 10.2. The second kappa shape index (κ2) is 6.58. The topological polar surface area (TPSA) is 71.8 Å². The molecule has 1 fully saturated rings. The van der Waals surface area contributed by atoms with Crippen LogP contribution in [0.4, 0.5) is 10.6 Å². The number of likely N-dealkylation sites (tertiary alicyclic amines) is 1. The third-order valence-electron chi connectivity index (χ3n) is 3.85. The predicted molar refractivity (Wildman–Crippen MR) is 95.1 cm³/mol. The predicted octanol–water partition coefficient (Wildman–Crippen LogP) is 3.30. The molecule has 0 unspecified atom stereocenters. The number of nitrogens with one attached hydrogen (secondary N) is 1. The largest absolute Gasteiger partial charge is 0.444 e. The van der Waals surface area contributed by atoms with Gasteiger partial charge in [-0.3, -0.25) is 0 Å². The van der Waals surface area contributed by atoms with E-state index in [1.54, 1.807) is 10.7 Å². The monoisotopic (exact) mass is 395 g/mol. The quantitative estimate of drug-likeness (QED) is 0.862. The van der Waals surface area contributed by atoms with Crippen molar-refractivity contribution in [2.24, 2.45) is 0 Å². The van der Waals surface area contributed by atoms with E-state index in [1.165, 1.54) is 0 Å². The normalized spacial score (nSPS) is 18.2. The highest BCUT2D eigenvalue weighted by Crippen LogP contribution is 2.22. The number of rotatable bonds is 3. The molecule has 8 heteroatoms. The van der Waals surface area contributed by atoms with Crippen molar-refractivity contribution in [3.8, 4) is 0 Å². The minimum Gasteiger partial charge on any atom is -0.444 e. The number of carbonyl (C=O) groups excluding carboxylic acids is 1. The summed E-state index contributed by atoms with van der Waals surface area (Å²) in [4.78, 5) is 18.7. The molecule has 1 N–H and O–H groups in total. The van der Waals surface area contributed by atoms with Gasteiger partial charge in [0.1, 0.15) is 11.4 Å². The summed E-state index contributed by atoms with van der Waals surface area (Å²) in [6, 6.07) is 1.99. The van der Waals surface area contributed by atoms with E-state index in [-0.39, 0.29) is 12.1 Å². The molecule has 2 aromatic rings. The van der Waals surface area contributed by atoms with Crippen LogP contribution in [0, 0.1) is 0 Å². The van der Waals surface area contributed by atoms with Crippen molar-refractivity contribution in [1.82, 2.24) is 19.5 Å². The molecule has 1 aliphatic heterocycles. The molecule has 7 nitrogen and oxygen atoms in total. The van der Waals surface area contributed by atoms with Crippen molar-refractivity contribution in [3.63, 3.8) is 0 Å². The summed E-state index contributed by atoms with van der Waals surface area (Å²) < 4.78 is 8.05. The number of halogens is 1. The fraction of sp³-hybridized carbons (Fsp3) is 0.562. The Morgan fingerprint density at radius 2 is 2.29 bits per heavy atom. The zero-order chi connectivity index (χ0) is 17.3. The zero-order valence-corrected chi connectivity index (χ0v) is 15.7. The highest BCUT2D eigenvalue weighted by atomic mass is 79.9. The van der Waals surface area contributed by atoms with Crippen LogP contribution < -0.4 is 5.32 Å². The summed E-state index contributed by atoms with van der Waals surface area (Å²) >= 11 is 3.43. The van der Waals surface area contributed by atoms with Crippen LogP contribution in [0.3, 0.4) is 0 Å². The van der Waals surface area contributed by atoms with E-state index in [0.29, 0.717) is 6.54 Å². The third-order valence-corrected chi connectivity index (χ3v) is 4.41. The lowest BCUT2D eigenvalue weighted by Gasteiger charge is -2.28. The Morgan fingerprint density at radius 3 is 3.04 bits per heavy atom. The molecule has 1 saturated heterocycles. The highest BCUT2D eigenvalue weighted by Gasteiger charge is 2.31. The molecule has 0 bridgehead atoms. The lowest BCUT2D eigenvalue weighted by molar-refractivity contribution is 0.0235. The summed E-state index contributed by atoms with van der Waals surface area (Å²) in [5.74, 6) is 0.764. The van der Waals surface area contributed by atoms with Crippen LogP contribution >= 0.6 is 15.9 Å². The van der Waals surface area contributed by atoms with E-state index >= 15 is 0 Å². The minimum absolute atomic E-state index is 0.117. The van der Waals surface area contributed by atoms with E-state index < -0.39 is 5.60 Å². The Balaban J connectivity index is 1.64. The molecular weight excluding hydrogens is 374 g/mol. The number of hydrogen-bond donors (Lipinski definition) is 1. The summed E-state index contributed by atoms with van der Waals surface area (Å²) in [5.41, 5.74) is 0.286. The van der Waals surface area contributed by atoms with E-state index in [0.717, 1.165) is 35.3 Å². The van der Waals surface area contributed by atoms with Gasteiger partial charge in [-0.1, -0.05) is 0 Å². The molecular formula is C16H22BrN5O2. The molecule has 2 aromatic heterocycles. The van der Waals surface area contributed by atoms with Crippen LogP contribution in [0.5, 0.6) is 0 Å². The fourth-order valence-electron chi connectivity index (χ4n) is 2.77. The molecule has 0 aliphatic carbocycles. The number of nitrogens with zero attached hydrogens (tertiary/aromatic N) is 4. The summed E-state index contributed by atoms with van der Waals surface area (Å²) in [6.07, 6.45) is 5.29. The van der Waals surface area contributed by atoms with Gasteiger partial charge in [-0.2, -0.15) is 5.10 Å². The van der Waals surface area contributed by atoms with Crippen molar-refractivity contribution >= 4 is 33.5 Å². The Labute approximate surface area is 149 Å². The van der Waals surface area contributed by atoms with E-state index in [1.807, 2.05) is 37.9 Å². The first-order valence-electron chi connectivity index (χ1n) is 8.07. The van der Waals surface area contributed by atoms with Crippen LogP contribution in [0.25, 0.3) is 5.65 Å². The molecule has 3 heterocycles. The van der Waals surface area contributed by atoms with Gasteiger partial charge < -0.3 is 15.0 Å². The van der Waals surface area contributed by atoms with Crippen LogP contribution in [0.15, 0.2) is 22.9 Å². The van der Waals surface area contributed by atoms with Gasteiger partial charge in [0.25, 0.3) is 0 Å². The first kappa shape index (κ1) is 17.0. The van der Waals surface area contributed by atoms with Crippen LogP contribution in [-0.4, -0.2) is 50.3 Å². The number of aromatic nitrogens is 3. The standard InChI is InChI=1S/C16H22BrN5O2/c1-16(2,3)24-15(23)21-7-4-5-11(21)9-18-13-6-8-22-14(20-13)12(17)10-19-22/h6,8,10-11H,4-5,7,9H2,1-3H3,(H,18,20)/t11-/m0/s1. The number of anilines is 1. The lowest BCUT2D eigenvalue weighted by Crippen LogP contribution is -2.42. The first-order chi connectivity index (χ1) is 11.3. The number of carbonyl (C=O) groups is 1. The molecule has 130 valence electrons. The van der Waals surface area contributed by atoms with Crippen molar-refractivity contribution in [1.29, 1.82) is 0 Å². The Bertz CT molecular complexity index is 740.